The van der Waals surface area contributed by atoms with Gasteiger partial charge in [-0.25, -0.2) is 0 Å². The Balaban J connectivity index is 2.08. The lowest BCUT2D eigenvalue weighted by Gasteiger charge is -2.25. The zero-order chi connectivity index (χ0) is 16.2. The van der Waals surface area contributed by atoms with Gasteiger partial charge in [0.25, 0.3) is 0 Å². The molecular formula is C19H15Br2NO. The van der Waals surface area contributed by atoms with E-state index in [1.807, 2.05) is 48.5 Å². The van der Waals surface area contributed by atoms with Crippen molar-refractivity contribution in [2.75, 3.05) is 4.90 Å². The number of aliphatic hydroxyl groups is 1. The standard InChI is InChI=1S/C19H15Br2NO/c20-15-3-9-18(10-4-15)22(19-11-5-16(21)6-12-19)17-7-1-14(13-23)2-8-17/h1-12,23H,13H2. The van der Waals surface area contributed by atoms with Crippen molar-refractivity contribution in [2.24, 2.45) is 0 Å². The second kappa shape index (κ2) is 7.30. The third kappa shape index (κ3) is 3.83. The van der Waals surface area contributed by atoms with E-state index in [0.717, 1.165) is 31.6 Å². The largest absolute Gasteiger partial charge is 0.392 e. The van der Waals surface area contributed by atoms with Gasteiger partial charge in [-0.1, -0.05) is 44.0 Å². The summed E-state index contributed by atoms with van der Waals surface area (Å²) in [6, 6.07) is 24.4. The fraction of sp³-hybridized carbons (Fsp3) is 0.0526. The van der Waals surface area contributed by atoms with Crippen LogP contribution in [0.4, 0.5) is 17.1 Å². The highest BCUT2D eigenvalue weighted by molar-refractivity contribution is 9.10. The molecule has 0 amide bonds. The van der Waals surface area contributed by atoms with Crippen LogP contribution in [-0.2, 0) is 6.61 Å². The zero-order valence-electron chi connectivity index (χ0n) is 12.3. The van der Waals surface area contributed by atoms with Gasteiger partial charge in [-0.2, -0.15) is 0 Å². The van der Waals surface area contributed by atoms with E-state index in [4.69, 9.17) is 0 Å². The van der Waals surface area contributed by atoms with E-state index in [9.17, 15) is 5.11 Å². The molecule has 0 radical (unpaired) electrons. The summed E-state index contributed by atoms with van der Waals surface area (Å²) in [6.45, 7) is 0.0524. The Morgan fingerprint density at radius 3 is 1.30 bits per heavy atom. The van der Waals surface area contributed by atoms with Crippen molar-refractivity contribution in [3.63, 3.8) is 0 Å². The molecule has 4 heteroatoms. The van der Waals surface area contributed by atoms with Crippen molar-refractivity contribution < 1.29 is 5.11 Å². The Kier molecular flexibility index (Phi) is 5.16. The highest BCUT2D eigenvalue weighted by atomic mass is 79.9. The first-order valence-electron chi connectivity index (χ1n) is 7.18. The van der Waals surface area contributed by atoms with E-state index in [2.05, 4.69) is 61.0 Å². The summed E-state index contributed by atoms with van der Waals surface area (Å²) in [5.74, 6) is 0. The van der Waals surface area contributed by atoms with Gasteiger partial charge >= 0.3 is 0 Å². The molecule has 3 aromatic rings. The molecule has 116 valence electrons. The maximum Gasteiger partial charge on any atom is 0.0681 e. The molecule has 0 aliphatic heterocycles. The summed E-state index contributed by atoms with van der Waals surface area (Å²) < 4.78 is 2.10. The van der Waals surface area contributed by atoms with E-state index in [1.54, 1.807) is 0 Å². The average Bonchev–Trinajstić information content (AvgIpc) is 2.59. The molecule has 3 rings (SSSR count). The lowest BCUT2D eigenvalue weighted by atomic mass is 10.1. The molecule has 3 aromatic carbocycles. The van der Waals surface area contributed by atoms with Crippen LogP contribution in [0, 0.1) is 0 Å². The van der Waals surface area contributed by atoms with Gasteiger partial charge in [-0.05, 0) is 66.2 Å². The molecular weight excluding hydrogens is 418 g/mol. The van der Waals surface area contributed by atoms with Crippen molar-refractivity contribution in [2.45, 2.75) is 6.61 Å². The number of halogens is 2. The molecule has 0 heterocycles. The third-order valence-electron chi connectivity index (χ3n) is 3.55. The van der Waals surface area contributed by atoms with Crippen LogP contribution >= 0.6 is 31.9 Å². The van der Waals surface area contributed by atoms with E-state index < -0.39 is 0 Å². The number of aliphatic hydroxyl groups excluding tert-OH is 1. The second-order valence-electron chi connectivity index (χ2n) is 5.11. The first-order valence-corrected chi connectivity index (χ1v) is 8.77. The normalized spacial score (nSPS) is 10.6. The van der Waals surface area contributed by atoms with Crippen LogP contribution in [0.1, 0.15) is 5.56 Å². The van der Waals surface area contributed by atoms with Gasteiger partial charge in [0.1, 0.15) is 0 Å². The predicted molar refractivity (Wildman–Crippen MR) is 102 cm³/mol. The summed E-state index contributed by atoms with van der Waals surface area (Å²) >= 11 is 6.97. The van der Waals surface area contributed by atoms with Crippen molar-refractivity contribution in [1.29, 1.82) is 0 Å². The number of rotatable bonds is 4. The molecule has 0 spiro atoms. The lowest BCUT2D eigenvalue weighted by Crippen LogP contribution is -2.09. The van der Waals surface area contributed by atoms with Crippen molar-refractivity contribution >= 4 is 48.9 Å². The average molecular weight is 433 g/mol. The molecule has 1 N–H and O–H groups in total. The Hall–Kier alpha value is -1.62. The van der Waals surface area contributed by atoms with E-state index >= 15 is 0 Å². The first-order chi connectivity index (χ1) is 11.2. The van der Waals surface area contributed by atoms with Crippen LogP contribution in [0.5, 0.6) is 0 Å². The molecule has 0 bridgehead atoms. The number of hydrogen-bond donors (Lipinski definition) is 1. The monoisotopic (exact) mass is 431 g/mol. The Morgan fingerprint density at radius 2 is 0.957 bits per heavy atom. The smallest absolute Gasteiger partial charge is 0.0681 e. The number of hydrogen-bond acceptors (Lipinski definition) is 2. The highest BCUT2D eigenvalue weighted by Gasteiger charge is 2.12. The summed E-state index contributed by atoms with van der Waals surface area (Å²) in [6.07, 6.45) is 0. The minimum absolute atomic E-state index is 0.0524. The van der Waals surface area contributed by atoms with Crippen LogP contribution in [0.25, 0.3) is 0 Å². The Labute approximate surface area is 152 Å². The van der Waals surface area contributed by atoms with Gasteiger partial charge in [0.15, 0.2) is 0 Å². The molecule has 23 heavy (non-hydrogen) atoms. The fourth-order valence-corrected chi connectivity index (χ4v) is 2.91. The van der Waals surface area contributed by atoms with Crippen molar-refractivity contribution in [3.8, 4) is 0 Å². The number of nitrogens with zero attached hydrogens (tertiary/aromatic N) is 1. The van der Waals surface area contributed by atoms with Crippen LogP contribution in [0.15, 0.2) is 81.7 Å². The van der Waals surface area contributed by atoms with Crippen LogP contribution < -0.4 is 4.90 Å². The minimum atomic E-state index is 0.0524. The third-order valence-corrected chi connectivity index (χ3v) is 4.60. The van der Waals surface area contributed by atoms with E-state index in [0.29, 0.717) is 0 Å². The fourth-order valence-electron chi connectivity index (χ4n) is 2.38. The quantitative estimate of drug-likeness (QED) is 0.532. The predicted octanol–water partition coefficient (Wildman–Crippen LogP) is 6.17. The maximum absolute atomic E-state index is 9.24. The SMILES string of the molecule is OCc1ccc(N(c2ccc(Br)cc2)c2ccc(Br)cc2)cc1. The molecule has 2 nitrogen and oxygen atoms in total. The van der Waals surface area contributed by atoms with Gasteiger partial charge < -0.3 is 10.0 Å². The van der Waals surface area contributed by atoms with Crippen molar-refractivity contribution in [3.05, 3.63) is 87.3 Å². The highest BCUT2D eigenvalue weighted by Crippen LogP contribution is 2.35. The molecule has 0 fully saturated rings. The zero-order valence-corrected chi connectivity index (χ0v) is 15.5. The summed E-state index contributed by atoms with van der Waals surface area (Å²) in [4.78, 5) is 2.18. The van der Waals surface area contributed by atoms with Gasteiger partial charge in [0, 0.05) is 26.0 Å². The molecule has 0 atom stereocenters. The molecule has 0 saturated carbocycles. The molecule has 0 saturated heterocycles. The van der Waals surface area contributed by atoms with Crippen LogP contribution in [-0.4, -0.2) is 5.11 Å². The van der Waals surface area contributed by atoms with E-state index in [-0.39, 0.29) is 6.61 Å². The van der Waals surface area contributed by atoms with E-state index in [1.165, 1.54) is 0 Å². The Bertz CT molecular complexity index is 722. The van der Waals surface area contributed by atoms with Gasteiger partial charge in [0.2, 0.25) is 0 Å². The van der Waals surface area contributed by atoms with Gasteiger partial charge in [0.05, 0.1) is 6.61 Å². The lowest BCUT2D eigenvalue weighted by molar-refractivity contribution is 0.282. The molecule has 0 aliphatic rings. The van der Waals surface area contributed by atoms with Gasteiger partial charge in [-0.3, -0.25) is 0 Å². The van der Waals surface area contributed by atoms with Crippen molar-refractivity contribution in [1.82, 2.24) is 0 Å². The molecule has 0 aromatic heterocycles. The summed E-state index contributed by atoms with van der Waals surface area (Å²) in [7, 11) is 0. The number of benzene rings is 3. The molecule has 0 aliphatic carbocycles. The summed E-state index contributed by atoms with van der Waals surface area (Å²) in [5.41, 5.74) is 4.10. The number of anilines is 3. The molecule has 0 unspecified atom stereocenters. The van der Waals surface area contributed by atoms with Crippen LogP contribution in [0.3, 0.4) is 0 Å². The van der Waals surface area contributed by atoms with Crippen LogP contribution in [0.2, 0.25) is 0 Å². The maximum atomic E-state index is 9.24. The first kappa shape index (κ1) is 16.2. The van der Waals surface area contributed by atoms with Gasteiger partial charge in [-0.15, -0.1) is 0 Å². The Morgan fingerprint density at radius 1 is 0.609 bits per heavy atom. The summed E-state index contributed by atoms with van der Waals surface area (Å²) in [5, 5.41) is 9.24. The second-order valence-corrected chi connectivity index (χ2v) is 6.94. The minimum Gasteiger partial charge on any atom is -0.392 e. The topological polar surface area (TPSA) is 23.5 Å².